The molecule has 0 aliphatic carbocycles. The SMILES string of the molecule is CN(CCO)CC(=O)N(C)Cc1cnn(C)c1. The summed E-state index contributed by atoms with van der Waals surface area (Å²) >= 11 is 0. The fourth-order valence-corrected chi connectivity index (χ4v) is 1.52. The number of aliphatic hydroxyl groups is 1. The summed E-state index contributed by atoms with van der Waals surface area (Å²) in [5.41, 5.74) is 1.01. The van der Waals surface area contributed by atoms with Crippen molar-refractivity contribution < 1.29 is 9.90 Å². The molecule has 0 aromatic carbocycles. The van der Waals surface area contributed by atoms with Crippen LogP contribution in [0.5, 0.6) is 0 Å². The van der Waals surface area contributed by atoms with E-state index in [1.54, 1.807) is 27.7 Å². The molecule has 0 unspecified atom stereocenters. The summed E-state index contributed by atoms with van der Waals surface area (Å²) in [5, 5.41) is 12.8. The van der Waals surface area contributed by atoms with E-state index in [1.807, 2.05) is 20.3 Å². The van der Waals surface area contributed by atoms with E-state index in [-0.39, 0.29) is 12.5 Å². The zero-order valence-corrected chi connectivity index (χ0v) is 10.6. The lowest BCUT2D eigenvalue weighted by atomic mass is 10.3. The summed E-state index contributed by atoms with van der Waals surface area (Å²) in [6.07, 6.45) is 3.64. The molecule has 1 N–H and O–H groups in total. The zero-order chi connectivity index (χ0) is 12.8. The smallest absolute Gasteiger partial charge is 0.236 e. The molecule has 0 bridgehead atoms. The first-order valence-electron chi connectivity index (χ1n) is 5.54. The molecule has 0 spiro atoms. The summed E-state index contributed by atoms with van der Waals surface area (Å²) in [6.45, 7) is 1.44. The van der Waals surface area contributed by atoms with E-state index in [9.17, 15) is 4.79 Å². The lowest BCUT2D eigenvalue weighted by Crippen LogP contribution is -2.37. The van der Waals surface area contributed by atoms with Gasteiger partial charge in [0.1, 0.15) is 0 Å². The highest BCUT2D eigenvalue weighted by Gasteiger charge is 2.12. The Morgan fingerprint density at radius 1 is 1.53 bits per heavy atom. The number of aryl methyl sites for hydroxylation is 1. The van der Waals surface area contributed by atoms with Crippen molar-refractivity contribution in [2.24, 2.45) is 7.05 Å². The molecule has 0 fully saturated rings. The van der Waals surface area contributed by atoms with Gasteiger partial charge in [0, 0.05) is 38.9 Å². The minimum absolute atomic E-state index is 0.0322. The predicted molar refractivity (Wildman–Crippen MR) is 64.3 cm³/mol. The van der Waals surface area contributed by atoms with Gasteiger partial charge in [-0.3, -0.25) is 14.4 Å². The number of aliphatic hydroxyl groups excluding tert-OH is 1. The molecule has 0 aliphatic rings. The summed E-state index contributed by atoms with van der Waals surface area (Å²) in [5.74, 6) is 0.0322. The van der Waals surface area contributed by atoms with Gasteiger partial charge in [-0.25, -0.2) is 0 Å². The number of aromatic nitrogens is 2. The number of rotatable bonds is 6. The Morgan fingerprint density at radius 2 is 2.24 bits per heavy atom. The molecule has 0 saturated heterocycles. The van der Waals surface area contributed by atoms with Gasteiger partial charge in [-0.15, -0.1) is 0 Å². The fraction of sp³-hybridized carbons (Fsp3) is 0.636. The Bertz CT molecular complexity index is 364. The number of hydrogen-bond donors (Lipinski definition) is 1. The summed E-state index contributed by atoms with van der Waals surface area (Å²) in [6, 6.07) is 0. The van der Waals surface area contributed by atoms with E-state index in [0.717, 1.165) is 5.56 Å². The van der Waals surface area contributed by atoms with E-state index in [0.29, 0.717) is 19.6 Å². The standard InChI is InChI=1S/C11H20N4O2/c1-13(4-5-16)9-11(17)14(2)7-10-6-12-15(3)8-10/h6,8,16H,4-5,7,9H2,1-3H3. The average Bonchev–Trinajstić information content (AvgIpc) is 2.64. The first-order valence-corrected chi connectivity index (χ1v) is 5.54. The minimum atomic E-state index is 0.0322. The van der Waals surface area contributed by atoms with Crippen molar-refractivity contribution in [3.05, 3.63) is 18.0 Å². The average molecular weight is 240 g/mol. The quantitative estimate of drug-likeness (QED) is 0.714. The number of carbonyl (C=O) groups is 1. The number of carbonyl (C=O) groups excluding carboxylic acids is 1. The fourth-order valence-electron chi connectivity index (χ4n) is 1.52. The molecule has 1 aromatic rings. The first-order chi connectivity index (χ1) is 8.02. The highest BCUT2D eigenvalue weighted by atomic mass is 16.3. The van der Waals surface area contributed by atoms with Crippen LogP contribution in [0.25, 0.3) is 0 Å². The van der Waals surface area contributed by atoms with E-state index < -0.39 is 0 Å². The minimum Gasteiger partial charge on any atom is -0.395 e. The topological polar surface area (TPSA) is 61.6 Å². The van der Waals surface area contributed by atoms with Crippen LogP contribution < -0.4 is 0 Å². The number of likely N-dealkylation sites (N-methyl/N-ethyl adjacent to an activating group) is 2. The lowest BCUT2D eigenvalue weighted by molar-refractivity contribution is -0.131. The van der Waals surface area contributed by atoms with Crippen LogP contribution >= 0.6 is 0 Å². The van der Waals surface area contributed by atoms with Crippen molar-refractivity contribution in [3.63, 3.8) is 0 Å². The second-order valence-electron chi connectivity index (χ2n) is 4.23. The van der Waals surface area contributed by atoms with E-state index in [2.05, 4.69) is 5.10 Å². The van der Waals surface area contributed by atoms with Crippen LogP contribution in [0, 0.1) is 0 Å². The zero-order valence-electron chi connectivity index (χ0n) is 10.6. The molecule has 6 heteroatoms. The molecule has 96 valence electrons. The van der Waals surface area contributed by atoms with Crippen molar-refractivity contribution in [2.75, 3.05) is 33.8 Å². The van der Waals surface area contributed by atoms with Crippen molar-refractivity contribution in [2.45, 2.75) is 6.54 Å². The van der Waals surface area contributed by atoms with Crippen LogP contribution in [-0.2, 0) is 18.4 Å². The Hall–Kier alpha value is -1.40. The van der Waals surface area contributed by atoms with Gasteiger partial charge >= 0.3 is 0 Å². The van der Waals surface area contributed by atoms with Crippen molar-refractivity contribution in [1.29, 1.82) is 0 Å². The van der Waals surface area contributed by atoms with E-state index in [1.165, 1.54) is 0 Å². The van der Waals surface area contributed by atoms with Gasteiger partial charge in [-0.1, -0.05) is 0 Å². The molecular weight excluding hydrogens is 220 g/mol. The Labute approximate surface area is 101 Å². The van der Waals surface area contributed by atoms with Crippen LogP contribution in [0.15, 0.2) is 12.4 Å². The lowest BCUT2D eigenvalue weighted by Gasteiger charge is -2.20. The second-order valence-corrected chi connectivity index (χ2v) is 4.23. The van der Waals surface area contributed by atoms with Crippen LogP contribution in [0.4, 0.5) is 0 Å². The largest absolute Gasteiger partial charge is 0.395 e. The van der Waals surface area contributed by atoms with Crippen LogP contribution in [0.1, 0.15) is 5.56 Å². The third-order valence-electron chi connectivity index (χ3n) is 2.49. The molecular formula is C11H20N4O2. The molecule has 1 rings (SSSR count). The molecule has 0 atom stereocenters. The third kappa shape index (κ3) is 4.54. The van der Waals surface area contributed by atoms with E-state index in [4.69, 9.17) is 5.11 Å². The van der Waals surface area contributed by atoms with Gasteiger partial charge in [0.05, 0.1) is 19.3 Å². The van der Waals surface area contributed by atoms with Gasteiger partial charge < -0.3 is 10.0 Å². The van der Waals surface area contributed by atoms with Gasteiger partial charge in [-0.2, -0.15) is 5.10 Å². The van der Waals surface area contributed by atoms with Crippen molar-refractivity contribution in [1.82, 2.24) is 19.6 Å². The maximum Gasteiger partial charge on any atom is 0.236 e. The number of nitrogens with zero attached hydrogens (tertiary/aromatic N) is 4. The number of amides is 1. The Morgan fingerprint density at radius 3 is 2.76 bits per heavy atom. The second kappa shape index (κ2) is 6.36. The number of hydrogen-bond acceptors (Lipinski definition) is 4. The highest BCUT2D eigenvalue weighted by molar-refractivity contribution is 5.77. The molecule has 1 heterocycles. The molecule has 1 aromatic heterocycles. The van der Waals surface area contributed by atoms with E-state index >= 15 is 0 Å². The van der Waals surface area contributed by atoms with Crippen LogP contribution in [0.3, 0.4) is 0 Å². The highest BCUT2D eigenvalue weighted by Crippen LogP contribution is 2.01. The van der Waals surface area contributed by atoms with Crippen molar-refractivity contribution >= 4 is 5.91 Å². The maximum atomic E-state index is 11.8. The van der Waals surface area contributed by atoms with Gasteiger partial charge in [0.2, 0.25) is 5.91 Å². The molecule has 6 nitrogen and oxygen atoms in total. The molecule has 1 amide bonds. The third-order valence-corrected chi connectivity index (χ3v) is 2.49. The van der Waals surface area contributed by atoms with Gasteiger partial charge in [0.15, 0.2) is 0 Å². The summed E-state index contributed by atoms with van der Waals surface area (Å²) in [7, 11) is 5.43. The molecule has 0 radical (unpaired) electrons. The molecule has 0 aliphatic heterocycles. The van der Waals surface area contributed by atoms with Crippen molar-refractivity contribution in [3.8, 4) is 0 Å². The predicted octanol–water partition coefficient (Wildman–Crippen LogP) is -0.697. The summed E-state index contributed by atoms with van der Waals surface area (Å²) < 4.78 is 1.71. The van der Waals surface area contributed by atoms with Gasteiger partial charge in [-0.05, 0) is 7.05 Å². The summed E-state index contributed by atoms with van der Waals surface area (Å²) in [4.78, 5) is 15.3. The van der Waals surface area contributed by atoms with Crippen LogP contribution in [-0.4, -0.2) is 64.4 Å². The van der Waals surface area contributed by atoms with Gasteiger partial charge in [0.25, 0.3) is 0 Å². The Kier molecular flexibility index (Phi) is 5.11. The Balaban J connectivity index is 2.41. The van der Waals surface area contributed by atoms with Crippen LogP contribution in [0.2, 0.25) is 0 Å². The first kappa shape index (κ1) is 13.7. The molecule has 17 heavy (non-hydrogen) atoms. The maximum absolute atomic E-state index is 11.8. The monoisotopic (exact) mass is 240 g/mol. The normalized spacial score (nSPS) is 10.9. The molecule has 0 saturated carbocycles.